The van der Waals surface area contributed by atoms with E-state index < -0.39 is 0 Å². The van der Waals surface area contributed by atoms with E-state index in [1.54, 1.807) is 12.4 Å². The van der Waals surface area contributed by atoms with Crippen LogP contribution in [0.1, 0.15) is 37.0 Å². The Morgan fingerprint density at radius 3 is 3.04 bits per heavy atom. The van der Waals surface area contributed by atoms with Crippen LogP contribution in [-0.2, 0) is 4.79 Å². The summed E-state index contributed by atoms with van der Waals surface area (Å²) in [5.41, 5.74) is 1.56. The number of aromatic nitrogens is 3. The van der Waals surface area contributed by atoms with Crippen molar-refractivity contribution in [2.45, 2.75) is 38.8 Å². The van der Waals surface area contributed by atoms with Gasteiger partial charge in [-0.05, 0) is 32.8 Å². The zero-order chi connectivity index (χ0) is 18.7. The summed E-state index contributed by atoms with van der Waals surface area (Å²) in [7, 11) is 0. The first-order chi connectivity index (χ1) is 12.5. The molecule has 1 unspecified atom stereocenters. The summed E-state index contributed by atoms with van der Waals surface area (Å²) >= 11 is 0. The minimum absolute atomic E-state index is 0.0393. The number of anilines is 1. The van der Waals surface area contributed by atoms with E-state index in [9.17, 15) is 9.59 Å². The van der Waals surface area contributed by atoms with Crippen LogP contribution >= 0.6 is 0 Å². The van der Waals surface area contributed by atoms with Gasteiger partial charge in [0.15, 0.2) is 5.65 Å². The average Bonchev–Trinajstić information content (AvgIpc) is 3.25. The van der Waals surface area contributed by atoms with E-state index in [4.69, 9.17) is 0 Å². The zero-order valence-corrected chi connectivity index (χ0v) is 15.1. The Bertz CT molecular complexity index is 828. The lowest BCUT2D eigenvalue weighted by Crippen LogP contribution is -2.38. The minimum atomic E-state index is -0.184. The maximum atomic E-state index is 12.3. The molecule has 0 radical (unpaired) electrons. The summed E-state index contributed by atoms with van der Waals surface area (Å²) < 4.78 is 0. The molecule has 138 valence electrons. The predicted molar refractivity (Wildman–Crippen MR) is 99.9 cm³/mol. The Morgan fingerprint density at radius 2 is 2.31 bits per heavy atom. The quantitative estimate of drug-likeness (QED) is 0.684. The Morgan fingerprint density at radius 1 is 1.50 bits per heavy atom. The fourth-order valence-corrected chi connectivity index (χ4v) is 3.17. The summed E-state index contributed by atoms with van der Waals surface area (Å²) in [6.45, 7) is 8.70. The Hall–Kier alpha value is -2.90. The number of carbonyl (C=O) groups is 2. The van der Waals surface area contributed by atoms with Crippen LogP contribution in [0.5, 0.6) is 0 Å². The standard InChI is InChI=1S/C18H24N6O2/c1-4-15(25)24-7-5-6-12(24)8-19-14-10-21-17-16(23-14)13(9-20-17)18(26)22-11(2)3/h4,9-12H,1,5-8H2,2-3H3,(H,19,23)(H,20,21)(H,22,26). The topological polar surface area (TPSA) is 103 Å². The van der Waals surface area contributed by atoms with Crippen LogP contribution in [0.25, 0.3) is 11.2 Å². The molecule has 1 atom stereocenters. The predicted octanol–water partition coefficient (Wildman–Crippen LogP) is 1.68. The van der Waals surface area contributed by atoms with Gasteiger partial charge in [-0.25, -0.2) is 9.97 Å². The van der Waals surface area contributed by atoms with Crippen LogP contribution in [-0.4, -0.2) is 56.8 Å². The van der Waals surface area contributed by atoms with Gasteiger partial charge in [-0.3, -0.25) is 9.59 Å². The first-order valence-electron chi connectivity index (χ1n) is 8.81. The molecule has 1 aliphatic rings. The Kier molecular flexibility index (Phi) is 5.20. The molecule has 1 saturated heterocycles. The van der Waals surface area contributed by atoms with E-state index in [1.165, 1.54) is 6.08 Å². The number of fused-ring (bicyclic) bond motifs is 1. The molecule has 0 bridgehead atoms. The van der Waals surface area contributed by atoms with Crippen molar-refractivity contribution in [2.24, 2.45) is 0 Å². The monoisotopic (exact) mass is 356 g/mol. The van der Waals surface area contributed by atoms with Crippen molar-refractivity contribution in [3.63, 3.8) is 0 Å². The van der Waals surface area contributed by atoms with Gasteiger partial charge in [0.25, 0.3) is 5.91 Å². The Labute approximate surface area is 152 Å². The van der Waals surface area contributed by atoms with Crippen molar-refractivity contribution in [3.05, 3.63) is 30.6 Å². The number of rotatable bonds is 6. The second-order valence-electron chi connectivity index (χ2n) is 6.70. The van der Waals surface area contributed by atoms with Gasteiger partial charge in [0.05, 0.1) is 11.8 Å². The van der Waals surface area contributed by atoms with Gasteiger partial charge in [-0.15, -0.1) is 0 Å². The van der Waals surface area contributed by atoms with E-state index in [1.807, 2.05) is 18.7 Å². The summed E-state index contributed by atoms with van der Waals surface area (Å²) in [4.78, 5) is 37.8. The van der Waals surface area contributed by atoms with Gasteiger partial charge in [0, 0.05) is 31.4 Å². The number of nitrogens with zero attached hydrogens (tertiary/aromatic N) is 3. The van der Waals surface area contributed by atoms with Gasteiger partial charge in [0.1, 0.15) is 11.3 Å². The third kappa shape index (κ3) is 3.68. The number of carbonyl (C=O) groups excluding carboxylic acids is 2. The number of hydrogen-bond donors (Lipinski definition) is 3. The highest BCUT2D eigenvalue weighted by Gasteiger charge is 2.27. The second-order valence-corrected chi connectivity index (χ2v) is 6.70. The summed E-state index contributed by atoms with van der Waals surface area (Å²) in [5, 5.41) is 6.09. The zero-order valence-electron chi connectivity index (χ0n) is 15.1. The van der Waals surface area contributed by atoms with Gasteiger partial charge >= 0.3 is 0 Å². The molecule has 3 rings (SSSR count). The lowest BCUT2D eigenvalue weighted by atomic mass is 10.2. The van der Waals surface area contributed by atoms with Gasteiger partial charge in [-0.1, -0.05) is 6.58 Å². The molecule has 3 heterocycles. The van der Waals surface area contributed by atoms with Crippen molar-refractivity contribution in [1.82, 2.24) is 25.2 Å². The summed E-state index contributed by atoms with van der Waals surface area (Å²) in [6, 6.07) is 0.144. The molecule has 8 nitrogen and oxygen atoms in total. The fourth-order valence-electron chi connectivity index (χ4n) is 3.17. The molecule has 1 fully saturated rings. The van der Waals surface area contributed by atoms with Gasteiger partial charge < -0.3 is 20.5 Å². The highest BCUT2D eigenvalue weighted by molar-refractivity contribution is 6.04. The number of amides is 2. The number of H-pyrrole nitrogens is 1. The first-order valence-corrected chi connectivity index (χ1v) is 8.81. The molecule has 2 aromatic heterocycles. The smallest absolute Gasteiger partial charge is 0.255 e. The molecule has 8 heteroatoms. The molecule has 1 aliphatic heterocycles. The lowest BCUT2D eigenvalue weighted by Gasteiger charge is -2.23. The molecule has 0 spiro atoms. The maximum Gasteiger partial charge on any atom is 0.255 e. The number of nitrogens with one attached hydrogen (secondary N) is 3. The molecule has 26 heavy (non-hydrogen) atoms. The van der Waals surface area contributed by atoms with Crippen LogP contribution < -0.4 is 10.6 Å². The minimum Gasteiger partial charge on any atom is -0.367 e. The molecule has 2 aromatic rings. The molecule has 0 aromatic carbocycles. The van der Waals surface area contributed by atoms with Crippen molar-refractivity contribution in [2.75, 3.05) is 18.4 Å². The normalized spacial score (nSPS) is 16.9. The van der Waals surface area contributed by atoms with E-state index >= 15 is 0 Å². The van der Waals surface area contributed by atoms with E-state index in [-0.39, 0.29) is 23.9 Å². The van der Waals surface area contributed by atoms with Gasteiger partial charge in [0.2, 0.25) is 5.91 Å². The fraction of sp³-hybridized carbons (Fsp3) is 0.444. The number of likely N-dealkylation sites (tertiary alicyclic amines) is 1. The summed E-state index contributed by atoms with van der Waals surface area (Å²) in [5.74, 6) is 0.346. The second kappa shape index (κ2) is 7.55. The van der Waals surface area contributed by atoms with Crippen LogP contribution in [0, 0.1) is 0 Å². The Balaban J connectivity index is 1.73. The van der Waals surface area contributed by atoms with Crippen molar-refractivity contribution >= 4 is 28.8 Å². The lowest BCUT2D eigenvalue weighted by molar-refractivity contribution is -0.126. The molecule has 0 aliphatic carbocycles. The van der Waals surface area contributed by atoms with Crippen molar-refractivity contribution in [1.29, 1.82) is 0 Å². The van der Waals surface area contributed by atoms with Gasteiger partial charge in [-0.2, -0.15) is 0 Å². The van der Waals surface area contributed by atoms with Crippen LogP contribution in [0.15, 0.2) is 25.0 Å². The third-order valence-electron chi connectivity index (χ3n) is 4.40. The maximum absolute atomic E-state index is 12.3. The van der Waals surface area contributed by atoms with E-state index in [0.717, 1.165) is 19.4 Å². The molecule has 2 amide bonds. The molecular formula is C18H24N6O2. The third-order valence-corrected chi connectivity index (χ3v) is 4.40. The largest absolute Gasteiger partial charge is 0.367 e. The number of hydrogen-bond acceptors (Lipinski definition) is 5. The van der Waals surface area contributed by atoms with Crippen molar-refractivity contribution < 1.29 is 9.59 Å². The summed E-state index contributed by atoms with van der Waals surface area (Å²) in [6.07, 6.45) is 6.51. The van der Waals surface area contributed by atoms with Crippen LogP contribution in [0.4, 0.5) is 5.82 Å². The molecule has 3 N–H and O–H groups in total. The van der Waals surface area contributed by atoms with Crippen LogP contribution in [0.3, 0.4) is 0 Å². The highest BCUT2D eigenvalue weighted by Crippen LogP contribution is 2.20. The van der Waals surface area contributed by atoms with Crippen LogP contribution in [0.2, 0.25) is 0 Å². The van der Waals surface area contributed by atoms with E-state index in [2.05, 4.69) is 32.2 Å². The van der Waals surface area contributed by atoms with E-state index in [0.29, 0.717) is 29.1 Å². The number of aromatic amines is 1. The van der Waals surface area contributed by atoms with Crippen molar-refractivity contribution in [3.8, 4) is 0 Å². The SMILES string of the molecule is C=CC(=O)N1CCCC1CNc1cnc2[nH]cc(C(=O)NC(C)C)c2n1. The average molecular weight is 356 g/mol. The molecular weight excluding hydrogens is 332 g/mol. The molecule has 0 saturated carbocycles. The highest BCUT2D eigenvalue weighted by atomic mass is 16.2. The first kappa shape index (κ1) is 17.9.